The van der Waals surface area contributed by atoms with E-state index < -0.39 is 0 Å². The van der Waals surface area contributed by atoms with Gasteiger partial charge in [-0.1, -0.05) is 41.4 Å². The van der Waals surface area contributed by atoms with Gasteiger partial charge in [0.25, 0.3) is 5.91 Å². The summed E-state index contributed by atoms with van der Waals surface area (Å²) in [5.74, 6) is -0.253. The number of nitrogens with one attached hydrogen (secondary N) is 1. The minimum absolute atomic E-state index is 0.253. The molecule has 6 heteroatoms. The normalized spacial score (nSPS) is 10.8. The van der Waals surface area contributed by atoms with Gasteiger partial charge in [0, 0.05) is 18.9 Å². The van der Waals surface area contributed by atoms with Crippen LogP contribution in [-0.2, 0) is 7.05 Å². The molecule has 0 aliphatic heterocycles. The van der Waals surface area contributed by atoms with Gasteiger partial charge in [0.1, 0.15) is 11.4 Å². The first kappa shape index (κ1) is 18.1. The van der Waals surface area contributed by atoms with Crippen LogP contribution < -0.4 is 5.32 Å². The molecule has 28 heavy (non-hydrogen) atoms. The molecule has 0 unspecified atom stereocenters. The van der Waals surface area contributed by atoms with Crippen molar-refractivity contribution in [3.63, 3.8) is 0 Å². The Morgan fingerprint density at radius 2 is 1.79 bits per heavy atom. The summed E-state index contributed by atoms with van der Waals surface area (Å²) in [5, 5.41) is 8.13. The number of aryl methyl sites for hydroxylation is 2. The monoisotopic (exact) mass is 390 g/mol. The Labute approximate surface area is 168 Å². The van der Waals surface area contributed by atoms with Gasteiger partial charge in [-0.25, -0.2) is 4.68 Å². The Morgan fingerprint density at radius 3 is 2.46 bits per heavy atom. The van der Waals surface area contributed by atoms with Crippen LogP contribution in [0.4, 0.5) is 5.69 Å². The minimum Gasteiger partial charge on any atom is -0.349 e. The second kappa shape index (κ2) is 7.37. The number of benzene rings is 2. The number of hydrogen-bond donors (Lipinski definition) is 1. The highest BCUT2D eigenvalue weighted by Gasteiger charge is 2.20. The highest BCUT2D eigenvalue weighted by molar-refractivity contribution is 6.32. The Balaban J connectivity index is 1.79. The summed E-state index contributed by atoms with van der Waals surface area (Å²) in [6.45, 7) is 2.00. The van der Waals surface area contributed by atoms with Crippen molar-refractivity contribution in [2.75, 3.05) is 5.32 Å². The maximum absolute atomic E-state index is 13.1. The number of rotatable bonds is 4. The molecule has 0 fully saturated rings. The molecule has 0 aliphatic rings. The van der Waals surface area contributed by atoms with Crippen LogP contribution in [0.5, 0.6) is 0 Å². The van der Waals surface area contributed by atoms with Gasteiger partial charge < -0.3 is 9.88 Å². The Hall–Kier alpha value is -3.31. The van der Waals surface area contributed by atoms with E-state index in [-0.39, 0.29) is 5.91 Å². The average Bonchev–Trinajstić information content (AvgIpc) is 3.30. The van der Waals surface area contributed by atoms with Crippen LogP contribution in [0.2, 0.25) is 5.02 Å². The summed E-state index contributed by atoms with van der Waals surface area (Å²) in [6.07, 6.45) is 1.94. The second-order valence-electron chi connectivity index (χ2n) is 6.60. The van der Waals surface area contributed by atoms with Gasteiger partial charge in [-0.15, -0.1) is 0 Å². The Kier molecular flexibility index (Phi) is 4.75. The molecule has 4 aromatic rings. The fourth-order valence-corrected chi connectivity index (χ4v) is 3.25. The molecule has 0 aliphatic carbocycles. The van der Waals surface area contributed by atoms with Crippen LogP contribution in [0.1, 0.15) is 16.1 Å². The lowest BCUT2D eigenvalue weighted by Crippen LogP contribution is -2.17. The van der Waals surface area contributed by atoms with Gasteiger partial charge in [-0.3, -0.25) is 4.79 Å². The molecule has 2 aromatic heterocycles. The van der Waals surface area contributed by atoms with Crippen molar-refractivity contribution in [3.8, 4) is 17.1 Å². The van der Waals surface area contributed by atoms with Crippen molar-refractivity contribution in [1.82, 2.24) is 14.3 Å². The largest absolute Gasteiger partial charge is 0.349 e. The van der Waals surface area contributed by atoms with Crippen molar-refractivity contribution in [1.29, 1.82) is 0 Å². The SMILES string of the molecule is Cc1ccc(NC(=O)c2cc(-c3cccn3C)nn2-c2ccccc2Cl)cc1. The number of anilines is 1. The van der Waals surface area contributed by atoms with E-state index in [1.54, 1.807) is 16.8 Å². The zero-order valence-electron chi connectivity index (χ0n) is 15.6. The fourth-order valence-electron chi connectivity index (χ4n) is 3.03. The predicted molar refractivity (Wildman–Crippen MR) is 112 cm³/mol. The van der Waals surface area contributed by atoms with E-state index in [0.717, 1.165) is 16.9 Å². The fraction of sp³-hybridized carbons (Fsp3) is 0.0909. The lowest BCUT2D eigenvalue weighted by molar-refractivity contribution is 0.101. The number of carbonyl (C=O) groups is 1. The van der Waals surface area contributed by atoms with Gasteiger partial charge in [0.2, 0.25) is 0 Å². The van der Waals surface area contributed by atoms with Crippen LogP contribution in [0.3, 0.4) is 0 Å². The molecule has 0 atom stereocenters. The molecular weight excluding hydrogens is 372 g/mol. The van der Waals surface area contributed by atoms with Crippen LogP contribution >= 0.6 is 11.6 Å². The lowest BCUT2D eigenvalue weighted by atomic mass is 10.2. The third-order valence-corrected chi connectivity index (χ3v) is 4.86. The van der Waals surface area contributed by atoms with E-state index in [1.807, 2.05) is 79.3 Å². The maximum Gasteiger partial charge on any atom is 0.274 e. The third-order valence-electron chi connectivity index (χ3n) is 4.54. The molecule has 2 heterocycles. The summed E-state index contributed by atoms with van der Waals surface area (Å²) >= 11 is 6.38. The lowest BCUT2D eigenvalue weighted by Gasteiger charge is -2.10. The van der Waals surface area contributed by atoms with Crippen molar-refractivity contribution in [2.45, 2.75) is 6.92 Å². The summed E-state index contributed by atoms with van der Waals surface area (Å²) < 4.78 is 3.55. The smallest absolute Gasteiger partial charge is 0.274 e. The molecule has 5 nitrogen and oxygen atoms in total. The number of halogens is 1. The molecule has 4 rings (SSSR count). The number of aromatic nitrogens is 3. The summed E-state index contributed by atoms with van der Waals surface area (Å²) in [7, 11) is 1.94. The molecule has 1 N–H and O–H groups in total. The standard InChI is InChI=1S/C22H19ClN4O/c1-15-9-11-16(12-10-15)24-22(28)21-14-18(20-8-5-13-26(20)2)25-27(21)19-7-4-3-6-17(19)23/h3-14H,1-2H3,(H,24,28). The maximum atomic E-state index is 13.1. The first-order valence-corrected chi connectivity index (χ1v) is 9.25. The van der Waals surface area contributed by atoms with Crippen molar-refractivity contribution in [3.05, 3.63) is 89.2 Å². The zero-order chi connectivity index (χ0) is 19.7. The zero-order valence-corrected chi connectivity index (χ0v) is 16.3. The van der Waals surface area contributed by atoms with Gasteiger partial charge in [0.05, 0.1) is 16.4 Å². The number of hydrogen-bond acceptors (Lipinski definition) is 2. The summed E-state index contributed by atoms with van der Waals surface area (Å²) in [5.41, 5.74) is 4.52. The number of carbonyl (C=O) groups excluding carboxylic acids is 1. The second-order valence-corrected chi connectivity index (χ2v) is 7.01. The number of para-hydroxylation sites is 1. The topological polar surface area (TPSA) is 51.9 Å². The number of nitrogens with zero attached hydrogens (tertiary/aromatic N) is 3. The average molecular weight is 391 g/mol. The molecule has 2 aromatic carbocycles. The Bertz CT molecular complexity index is 1140. The molecule has 0 saturated heterocycles. The van der Waals surface area contributed by atoms with Gasteiger partial charge in [-0.2, -0.15) is 5.10 Å². The molecule has 1 amide bonds. The van der Waals surface area contributed by atoms with Crippen LogP contribution in [0.25, 0.3) is 17.1 Å². The van der Waals surface area contributed by atoms with Gasteiger partial charge in [0.15, 0.2) is 0 Å². The molecule has 0 bridgehead atoms. The van der Waals surface area contributed by atoms with E-state index >= 15 is 0 Å². The van der Waals surface area contributed by atoms with E-state index in [1.165, 1.54) is 0 Å². The quantitative estimate of drug-likeness (QED) is 0.527. The molecular formula is C22H19ClN4O. The summed E-state index contributed by atoms with van der Waals surface area (Å²) in [6, 6.07) is 20.7. The predicted octanol–water partition coefficient (Wildman–Crippen LogP) is 5.09. The van der Waals surface area contributed by atoms with Gasteiger partial charge >= 0.3 is 0 Å². The van der Waals surface area contributed by atoms with E-state index in [0.29, 0.717) is 22.1 Å². The van der Waals surface area contributed by atoms with Crippen molar-refractivity contribution in [2.24, 2.45) is 7.05 Å². The van der Waals surface area contributed by atoms with Crippen molar-refractivity contribution >= 4 is 23.2 Å². The third kappa shape index (κ3) is 3.44. The minimum atomic E-state index is -0.253. The highest BCUT2D eigenvalue weighted by atomic mass is 35.5. The van der Waals surface area contributed by atoms with Crippen LogP contribution in [0.15, 0.2) is 72.9 Å². The van der Waals surface area contributed by atoms with Gasteiger partial charge in [-0.05, 0) is 49.4 Å². The molecule has 0 spiro atoms. The summed E-state index contributed by atoms with van der Waals surface area (Å²) in [4.78, 5) is 13.1. The first-order chi connectivity index (χ1) is 13.5. The van der Waals surface area contributed by atoms with Crippen molar-refractivity contribution < 1.29 is 4.79 Å². The van der Waals surface area contributed by atoms with E-state index in [9.17, 15) is 4.79 Å². The highest BCUT2D eigenvalue weighted by Crippen LogP contribution is 2.26. The van der Waals surface area contributed by atoms with Crippen LogP contribution in [-0.4, -0.2) is 20.3 Å². The van der Waals surface area contributed by atoms with Crippen LogP contribution in [0, 0.1) is 6.92 Å². The number of amides is 1. The van der Waals surface area contributed by atoms with E-state index in [2.05, 4.69) is 10.4 Å². The molecule has 140 valence electrons. The molecule has 0 saturated carbocycles. The van der Waals surface area contributed by atoms with E-state index in [4.69, 9.17) is 11.6 Å². The molecule has 0 radical (unpaired) electrons. The Morgan fingerprint density at radius 1 is 1.04 bits per heavy atom. The first-order valence-electron chi connectivity index (χ1n) is 8.87.